The van der Waals surface area contributed by atoms with Gasteiger partial charge in [-0.2, -0.15) is 0 Å². The standard InChI is InChI=1S/C20H20N4O4S/c1-2-12-23-19(26)17(29-20(23)21-14-8-4-3-5-9-14)13-18(25)22-15-10-6-7-11-16(15)24(27)28/h3-11,17H,2,12-13H2,1H3,(H,22,25)/t17-/m0/s1. The second kappa shape index (κ2) is 9.33. The monoisotopic (exact) mass is 412 g/mol. The number of para-hydroxylation sites is 3. The number of amidine groups is 1. The highest BCUT2D eigenvalue weighted by Gasteiger charge is 2.38. The number of thioether (sulfide) groups is 1. The molecule has 2 amide bonds. The molecular weight excluding hydrogens is 392 g/mol. The first-order chi connectivity index (χ1) is 14.0. The maximum atomic E-state index is 12.8. The molecule has 2 aromatic rings. The number of nitro benzene ring substituents is 1. The number of rotatable bonds is 7. The number of carbonyl (C=O) groups excluding carboxylic acids is 2. The Hall–Kier alpha value is -3.20. The number of nitrogens with one attached hydrogen (secondary N) is 1. The molecule has 3 rings (SSSR count). The summed E-state index contributed by atoms with van der Waals surface area (Å²) in [4.78, 5) is 42.0. The summed E-state index contributed by atoms with van der Waals surface area (Å²) >= 11 is 1.24. The van der Waals surface area contributed by atoms with Crippen molar-refractivity contribution in [3.8, 4) is 0 Å². The first-order valence-corrected chi connectivity index (χ1v) is 10.0. The molecule has 1 fully saturated rings. The number of hydrogen-bond acceptors (Lipinski definition) is 6. The predicted octanol–water partition coefficient (Wildman–Crippen LogP) is 3.97. The Kier molecular flexibility index (Phi) is 6.61. The third-order valence-electron chi connectivity index (χ3n) is 4.19. The maximum absolute atomic E-state index is 12.8. The average Bonchev–Trinajstić information content (AvgIpc) is 2.98. The van der Waals surface area contributed by atoms with Gasteiger partial charge < -0.3 is 5.32 Å². The van der Waals surface area contributed by atoms with Crippen LogP contribution in [0.15, 0.2) is 59.6 Å². The minimum Gasteiger partial charge on any atom is -0.320 e. The Bertz CT molecular complexity index is 949. The molecule has 0 bridgehead atoms. The van der Waals surface area contributed by atoms with Crippen LogP contribution in [0.1, 0.15) is 19.8 Å². The molecule has 1 saturated heterocycles. The van der Waals surface area contributed by atoms with Gasteiger partial charge in [0.15, 0.2) is 5.17 Å². The minimum absolute atomic E-state index is 0.0937. The normalized spacial score (nSPS) is 17.6. The summed E-state index contributed by atoms with van der Waals surface area (Å²) in [6, 6.07) is 15.2. The zero-order valence-corrected chi connectivity index (χ0v) is 16.6. The molecule has 0 spiro atoms. The van der Waals surface area contributed by atoms with Crippen LogP contribution in [0.3, 0.4) is 0 Å². The fraction of sp³-hybridized carbons (Fsp3) is 0.250. The molecule has 8 nitrogen and oxygen atoms in total. The van der Waals surface area contributed by atoms with Crippen LogP contribution in [-0.2, 0) is 9.59 Å². The van der Waals surface area contributed by atoms with Crippen LogP contribution in [0.5, 0.6) is 0 Å². The molecule has 9 heteroatoms. The summed E-state index contributed by atoms with van der Waals surface area (Å²) in [5.41, 5.74) is 0.653. The number of carbonyl (C=O) groups is 2. The molecule has 0 aromatic heterocycles. The van der Waals surface area contributed by atoms with Crippen LogP contribution in [0, 0.1) is 10.1 Å². The Balaban J connectivity index is 1.74. The van der Waals surface area contributed by atoms with Crippen molar-refractivity contribution >= 4 is 45.8 Å². The van der Waals surface area contributed by atoms with Crippen molar-refractivity contribution in [3.05, 3.63) is 64.7 Å². The Morgan fingerprint density at radius 3 is 2.59 bits per heavy atom. The lowest BCUT2D eigenvalue weighted by atomic mass is 10.2. The van der Waals surface area contributed by atoms with Crippen LogP contribution in [0.25, 0.3) is 0 Å². The number of amides is 2. The third kappa shape index (κ3) is 5.00. The van der Waals surface area contributed by atoms with Gasteiger partial charge in [0.05, 0.1) is 10.6 Å². The van der Waals surface area contributed by atoms with Crippen molar-refractivity contribution in [1.82, 2.24) is 4.90 Å². The third-order valence-corrected chi connectivity index (χ3v) is 5.37. The van der Waals surface area contributed by atoms with Crippen LogP contribution >= 0.6 is 11.8 Å². The highest BCUT2D eigenvalue weighted by molar-refractivity contribution is 8.15. The maximum Gasteiger partial charge on any atom is 0.292 e. The minimum atomic E-state index is -0.619. The molecule has 0 unspecified atom stereocenters. The summed E-state index contributed by atoms with van der Waals surface area (Å²) in [7, 11) is 0. The number of nitro groups is 1. The van der Waals surface area contributed by atoms with E-state index in [1.807, 2.05) is 37.3 Å². The first kappa shape index (κ1) is 20.5. The van der Waals surface area contributed by atoms with Gasteiger partial charge >= 0.3 is 0 Å². The van der Waals surface area contributed by atoms with Gasteiger partial charge in [0.1, 0.15) is 10.9 Å². The van der Waals surface area contributed by atoms with E-state index >= 15 is 0 Å². The summed E-state index contributed by atoms with van der Waals surface area (Å²) in [6.07, 6.45) is 0.665. The highest BCUT2D eigenvalue weighted by atomic mass is 32.2. The molecule has 29 heavy (non-hydrogen) atoms. The van der Waals surface area contributed by atoms with E-state index in [4.69, 9.17) is 0 Å². The summed E-state index contributed by atoms with van der Waals surface area (Å²) in [5, 5.41) is 13.6. The molecule has 1 heterocycles. The molecule has 0 saturated carbocycles. The van der Waals surface area contributed by atoms with E-state index in [0.29, 0.717) is 11.7 Å². The quantitative estimate of drug-likeness (QED) is 0.547. The van der Waals surface area contributed by atoms with Gasteiger partial charge in [-0.3, -0.25) is 24.6 Å². The predicted molar refractivity (Wildman–Crippen MR) is 113 cm³/mol. The number of hydrogen-bond donors (Lipinski definition) is 1. The van der Waals surface area contributed by atoms with Crippen molar-refractivity contribution in [2.24, 2.45) is 4.99 Å². The molecule has 2 aromatic carbocycles. The summed E-state index contributed by atoms with van der Waals surface area (Å²) in [5.74, 6) is -0.633. The molecule has 150 valence electrons. The average molecular weight is 412 g/mol. The van der Waals surface area contributed by atoms with Gasteiger partial charge in [0, 0.05) is 19.0 Å². The molecule has 1 aliphatic rings. The van der Waals surface area contributed by atoms with Gasteiger partial charge in [-0.05, 0) is 24.6 Å². The zero-order chi connectivity index (χ0) is 20.8. The highest BCUT2D eigenvalue weighted by Crippen LogP contribution is 2.32. The first-order valence-electron chi connectivity index (χ1n) is 9.14. The van der Waals surface area contributed by atoms with Gasteiger partial charge in [-0.25, -0.2) is 4.99 Å². The van der Waals surface area contributed by atoms with Crippen molar-refractivity contribution in [1.29, 1.82) is 0 Å². The SMILES string of the molecule is CCCN1C(=O)[C@H](CC(=O)Nc2ccccc2[N+](=O)[O-])SC1=Nc1ccccc1. The lowest BCUT2D eigenvalue weighted by Crippen LogP contribution is -2.34. The van der Waals surface area contributed by atoms with Gasteiger partial charge in [-0.15, -0.1) is 0 Å². The van der Waals surface area contributed by atoms with E-state index in [2.05, 4.69) is 10.3 Å². The Morgan fingerprint density at radius 1 is 1.21 bits per heavy atom. The fourth-order valence-corrected chi connectivity index (χ4v) is 4.06. The number of aliphatic imine (C=N–C) groups is 1. The van der Waals surface area contributed by atoms with E-state index < -0.39 is 16.1 Å². The molecule has 1 aliphatic heterocycles. The lowest BCUT2D eigenvalue weighted by Gasteiger charge is -2.15. The molecule has 1 N–H and O–H groups in total. The Morgan fingerprint density at radius 2 is 1.90 bits per heavy atom. The van der Waals surface area contributed by atoms with Crippen molar-refractivity contribution < 1.29 is 14.5 Å². The molecule has 1 atom stereocenters. The molecule has 0 radical (unpaired) electrons. The second-order valence-corrected chi connectivity index (χ2v) is 7.52. The molecule has 0 aliphatic carbocycles. The van der Waals surface area contributed by atoms with Gasteiger partial charge in [0.25, 0.3) is 5.69 Å². The van der Waals surface area contributed by atoms with Crippen molar-refractivity contribution in [3.63, 3.8) is 0 Å². The second-order valence-electron chi connectivity index (χ2n) is 6.35. The largest absolute Gasteiger partial charge is 0.320 e. The Labute approximate surface area is 172 Å². The van der Waals surface area contributed by atoms with Gasteiger partial charge in [-0.1, -0.05) is 49.0 Å². The van der Waals surface area contributed by atoms with E-state index in [-0.39, 0.29) is 23.7 Å². The van der Waals surface area contributed by atoms with Gasteiger partial charge in [0.2, 0.25) is 11.8 Å². The topological polar surface area (TPSA) is 105 Å². The van der Waals surface area contributed by atoms with E-state index in [1.165, 1.54) is 30.0 Å². The smallest absolute Gasteiger partial charge is 0.292 e. The van der Waals surface area contributed by atoms with E-state index in [0.717, 1.165) is 12.1 Å². The number of benzene rings is 2. The van der Waals surface area contributed by atoms with Crippen LogP contribution < -0.4 is 5.32 Å². The van der Waals surface area contributed by atoms with E-state index in [1.54, 1.807) is 11.0 Å². The van der Waals surface area contributed by atoms with Crippen molar-refractivity contribution in [2.45, 2.75) is 25.0 Å². The van der Waals surface area contributed by atoms with Crippen LogP contribution in [0.4, 0.5) is 17.1 Å². The van der Waals surface area contributed by atoms with E-state index in [9.17, 15) is 19.7 Å². The van der Waals surface area contributed by atoms with Crippen LogP contribution in [-0.4, -0.2) is 38.6 Å². The fourth-order valence-electron chi connectivity index (χ4n) is 2.88. The van der Waals surface area contributed by atoms with Crippen molar-refractivity contribution in [2.75, 3.05) is 11.9 Å². The lowest BCUT2D eigenvalue weighted by molar-refractivity contribution is -0.383. The summed E-state index contributed by atoms with van der Waals surface area (Å²) in [6.45, 7) is 2.48. The zero-order valence-electron chi connectivity index (χ0n) is 15.8. The number of anilines is 1. The molecular formula is C20H20N4O4S. The van der Waals surface area contributed by atoms with Crippen LogP contribution in [0.2, 0.25) is 0 Å². The summed E-state index contributed by atoms with van der Waals surface area (Å²) < 4.78 is 0. The number of nitrogens with zero attached hydrogens (tertiary/aromatic N) is 3.